The zero-order chi connectivity index (χ0) is 18.2. The number of carbonyl (C=O) groups is 2. The molecule has 0 saturated carbocycles. The number of aromatic nitrogens is 3. The van der Waals surface area contributed by atoms with Crippen LogP contribution in [0.5, 0.6) is 0 Å². The highest BCUT2D eigenvalue weighted by atomic mass is 19.4. The van der Waals surface area contributed by atoms with Crippen LogP contribution >= 0.6 is 0 Å². The number of aryl methyl sites for hydroxylation is 1. The smallest absolute Gasteiger partial charge is 0.325 e. The van der Waals surface area contributed by atoms with Crippen molar-refractivity contribution < 1.29 is 22.8 Å². The van der Waals surface area contributed by atoms with E-state index in [4.69, 9.17) is 0 Å². The van der Waals surface area contributed by atoms with Gasteiger partial charge >= 0.3 is 6.18 Å². The summed E-state index contributed by atoms with van der Waals surface area (Å²) in [7, 11) is 0. The van der Waals surface area contributed by atoms with Crippen LogP contribution in [0, 0.1) is 12.8 Å². The molecular weight excluding hydrogens is 339 g/mol. The summed E-state index contributed by atoms with van der Waals surface area (Å²) in [6.45, 7) is 1.80. The second-order valence-corrected chi connectivity index (χ2v) is 5.65. The van der Waals surface area contributed by atoms with Crippen LogP contribution in [0.25, 0.3) is 0 Å². The Hall–Kier alpha value is -2.91. The lowest BCUT2D eigenvalue weighted by atomic mass is 10.0. The molecule has 0 radical (unpaired) electrons. The van der Waals surface area contributed by atoms with Crippen molar-refractivity contribution in [2.45, 2.75) is 26.1 Å². The Morgan fingerprint density at radius 3 is 2.84 bits per heavy atom. The Bertz CT molecular complexity index is 831. The summed E-state index contributed by atoms with van der Waals surface area (Å²) >= 11 is 0. The van der Waals surface area contributed by atoms with E-state index in [0.717, 1.165) is 6.07 Å². The molecule has 1 aliphatic rings. The first kappa shape index (κ1) is 16.9. The van der Waals surface area contributed by atoms with Crippen molar-refractivity contribution >= 4 is 23.5 Å². The number of fused-ring (bicyclic) bond motifs is 1. The van der Waals surface area contributed by atoms with Crippen LogP contribution in [0.4, 0.5) is 24.8 Å². The molecular formula is C15H14F3N5O2. The number of nitrogens with one attached hydrogen (secondary N) is 2. The van der Waals surface area contributed by atoms with Crippen LogP contribution in [0.2, 0.25) is 0 Å². The van der Waals surface area contributed by atoms with Crippen LogP contribution in [0.1, 0.15) is 17.8 Å². The predicted molar refractivity (Wildman–Crippen MR) is 81.6 cm³/mol. The van der Waals surface area contributed by atoms with Crippen molar-refractivity contribution in [3.05, 3.63) is 35.7 Å². The fourth-order valence-electron chi connectivity index (χ4n) is 2.60. The summed E-state index contributed by atoms with van der Waals surface area (Å²) < 4.78 is 40.3. The van der Waals surface area contributed by atoms with Crippen LogP contribution in [-0.4, -0.2) is 26.6 Å². The number of amides is 2. The molecule has 2 amide bonds. The number of anilines is 2. The van der Waals surface area contributed by atoms with Crippen LogP contribution in [0.3, 0.4) is 0 Å². The maximum Gasteiger partial charge on any atom is 0.418 e. The Balaban J connectivity index is 1.71. The predicted octanol–water partition coefficient (Wildman–Crippen LogP) is 2.20. The van der Waals surface area contributed by atoms with Gasteiger partial charge < -0.3 is 5.32 Å². The first-order valence-corrected chi connectivity index (χ1v) is 7.42. The topological polar surface area (TPSA) is 88.9 Å². The monoisotopic (exact) mass is 353 g/mol. The van der Waals surface area contributed by atoms with Crippen molar-refractivity contribution in [2.75, 3.05) is 10.6 Å². The fraction of sp³-hybridized carbons (Fsp3) is 0.333. The largest absolute Gasteiger partial charge is 0.418 e. The maximum atomic E-state index is 13.0. The van der Waals surface area contributed by atoms with Gasteiger partial charge in [0, 0.05) is 6.42 Å². The number of hydrogen-bond acceptors (Lipinski definition) is 4. The molecule has 2 heterocycles. The third-order valence-electron chi connectivity index (χ3n) is 3.72. The minimum absolute atomic E-state index is 0.135. The lowest BCUT2D eigenvalue weighted by Gasteiger charge is -2.22. The van der Waals surface area contributed by atoms with Gasteiger partial charge in [-0.05, 0) is 19.1 Å². The summed E-state index contributed by atoms with van der Waals surface area (Å²) in [5.41, 5.74) is -1.28. The minimum Gasteiger partial charge on any atom is -0.325 e. The lowest BCUT2D eigenvalue weighted by molar-refractivity contribution is -0.137. The molecule has 3 rings (SSSR count). The zero-order valence-electron chi connectivity index (χ0n) is 13.1. The highest BCUT2D eigenvalue weighted by Crippen LogP contribution is 2.34. The van der Waals surface area contributed by atoms with Gasteiger partial charge in [-0.25, -0.2) is 4.68 Å². The number of alkyl halides is 3. The van der Waals surface area contributed by atoms with Gasteiger partial charge in [0.1, 0.15) is 5.82 Å². The van der Waals surface area contributed by atoms with Gasteiger partial charge in [0.05, 0.1) is 23.7 Å². The van der Waals surface area contributed by atoms with Gasteiger partial charge in [0.15, 0.2) is 0 Å². The average Bonchev–Trinajstić information content (AvgIpc) is 2.86. The van der Waals surface area contributed by atoms with Gasteiger partial charge in [0.25, 0.3) is 0 Å². The maximum absolute atomic E-state index is 13.0. The van der Waals surface area contributed by atoms with E-state index in [9.17, 15) is 22.8 Å². The SMILES string of the molecule is Cc1nc2n(n1)C[C@H](CC(=O)Nc1ccccc1C(F)(F)F)C(=O)N2. The number of nitrogens with zero attached hydrogens (tertiary/aromatic N) is 3. The second kappa shape index (κ2) is 6.19. The average molecular weight is 353 g/mol. The fourth-order valence-corrected chi connectivity index (χ4v) is 2.60. The molecule has 1 aliphatic heterocycles. The minimum atomic E-state index is -4.58. The van der Waals surface area contributed by atoms with Crippen LogP contribution in [-0.2, 0) is 22.3 Å². The zero-order valence-corrected chi connectivity index (χ0v) is 13.1. The molecule has 0 saturated heterocycles. The number of carbonyl (C=O) groups excluding carboxylic acids is 2. The van der Waals surface area contributed by atoms with E-state index < -0.39 is 29.5 Å². The Labute approximate surface area is 140 Å². The standard InChI is InChI=1S/C15H14F3N5O2/c1-8-19-14-21-13(25)9(7-23(14)22-8)6-12(24)20-11-5-3-2-4-10(11)15(16,17)18/h2-5,9H,6-7H2,1H3,(H,20,24)(H,19,21,22,25)/t9-/m0/s1. The van der Waals surface area contributed by atoms with E-state index in [1.807, 2.05) is 0 Å². The molecule has 1 atom stereocenters. The molecule has 2 N–H and O–H groups in total. The number of halogens is 3. The van der Waals surface area contributed by atoms with E-state index >= 15 is 0 Å². The quantitative estimate of drug-likeness (QED) is 0.885. The van der Waals surface area contributed by atoms with E-state index in [0.29, 0.717) is 11.8 Å². The highest BCUT2D eigenvalue weighted by molar-refractivity contribution is 5.98. The van der Waals surface area contributed by atoms with E-state index in [1.54, 1.807) is 6.92 Å². The molecule has 0 unspecified atom stereocenters. The number of benzene rings is 1. The summed E-state index contributed by atoms with van der Waals surface area (Å²) in [6.07, 6.45) is -4.85. The van der Waals surface area contributed by atoms with Gasteiger partial charge in [-0.3, -0.25) is 14.9 Å². The van der Waals surface area contributed by atoms with Crippen molar-refractivity contribution in [1.29, 1.82) is 0 Å². The molecule has 0 fully saturated rings. The lowest BCUT2D eigenvalue weighted by Crippen LogP contribution is -2.36. The van der Waals surface area contributed by atoms with Gasteiger partial charge in [0.2, 0.25) is 17.8 Å². The van der Waals surface area contributed by atoms with E-state index in [1.165, 1.54) is 22.9 Å². The normalized spacial score (nSPS) is 17.0. The molecule has 0 bridgehead atoms. The van der Waals surface area contributed by atoms with Crippen molar-refractivity contribution in [1.82, 2.24) is 14.8 Å². The second-order valence-electron chi connectivity index (χ2n) is 5.65. The molecule has 7 nitrogen and oxygen atoms in total. The summed E-state index contributed by atoms with van der Waals surface area (Å²) in [5.74, 6) is -1.08. The Kier molecular flexibility index (Phi) is 4.19. The van der Waals surface area contributed by atoms with Crippen molar-refractivity contribution in [3.8, 4) is 0 Å². The molecule has 25 heavy (non-hydrogen) atoms. The molecule has 0 spiro atoms. The number of para-hydroxylation sites is 1. The number of rotatable bonds is 3. The van der Waals surface area contributed by atoms with E-state index in [2.05, 4.69) is 20.7 Å². The first-order valence-electron chi connectivity index (χ1n) is 7.42. The summed E-state index contributed by atoms with van der Waals surface area (Å²) in [6, 6.07) is 4.68. The molecule has 1 aromatic heterocycles. The molecule has 1 aromatic carbocycles. The van der Waals surface area contributed by atoms with Crippen molar-refractivity contribution in [3.63, 3.8) is 0 Å². The van der Waals surface area contributed by atoms with Crippen LogP contribution in [0.15, 0.2) is 24.3 Å². The van der Waals surface area contributed by atoms with E-state index in [-0.39, 0.29) is 18.7 Å². The van der Waals surface area contributed by atoms with Crippen LogP contribution < -0.4 is 10.6 Å². The van der Waals surface area contributed by atoms with Gasteiger partial charge in [-0.1, -0.05) is 12.1 Å². The highest BCUT2D eigenvalue weighted by Gasteiger charge is 2.34. The molecule has 0 aliphatic carbocycles. The summed E-state index contributed by atoms with van der Waals surface area (Å²) in [5, 5.41) is 8.84. The Morgan fingerprint density at radius 2 is 2.12 bits per heavy atom. The first-order chi connectivity index (χ1) is 11.7. The van der Waals surface area contributed by atoms with Gasteiger partial charge in [-0.15, -0.1) is 0 Å². The summed E-state index contributed by atoms with van der Waals surface area (Å²) in [4.78, 5) is 28.2. The number of hydrogen-bond donors (Lipinski definition) is 2. The third kappa shape index (κ3) is 3.62. The third-order valence-corrected chi connectivity index (χ3v) is 3.72. The molecule has 10 heteroatoms. The van der Waals surface area contributed by atoms with Gasteiger partial charge in [-0.2, -0.15) is 23.3 Å². The Morgan fingerprint density at radius 1 is 1.40 bits per heavy atom. The van der Waals surface area contributed by atoms with Crippen molar-refractivity contribution in [2.24, 2.45) is 5.92 Å². The molecule has 132 valence electrons. The molecule has 2 aromatic rings.